The minimum absolute atomic E-state index is 0.403. The van der Waals surface area contributed by atoms with Gasteiger partial charge in [-0.3, -0.25) is 0 Å². The third kappa shape index (κ3) is 3.15. The molecule has 1 nitrogen and oxygen atoms in total. The number of nitrogens with one attached hydrogen (secondary N) is 1. The molecule has 0 aliphatic rings. The number of rotatable bonds is 4. The van der Waals surface area contributed by atoms with E-state index >= 15 is 0 Å². The Bertz CT molecular complexity index is 582. The highest BCUT2D eigenvalue weighted by Crippen LogP contribution is 2.26. The van der Waals surface area contributed by atoms with Crippen molar-refractivity contribution in [3.8, 4) is 11.1 Å². The van der Waals surface area contributed by atoms with Crippen LogP contribution in [0.25, 0.3) is 11.1 Å². The largest absolute Gasteiger partial charge is 0.313 e. The molecule has 4 heteroatoms. The van der Waals surface area contributed by atoms with Crippen LogP contribution in [-0.2, 0) is 6.54 Å². The van der Waals surface area contributed by atoms with E-state index in [-0.39, 0.29) is 0 Å². The average Bonchev–Trinajstić information content (AvgIpc) is 2.40. The summed E-state index contributed by atoms with van der Waals surface area (Å²) in [7, 11) is 0. The lowest BCUT2D eigenvalue weighted by Gasteiger charge is -2.11. The summed E-state index contributed by atoms with van der Waals surface area (Å²) in [5.41, 5.74) is 1.88. The standard InChI is InChI=1S/C15H14F3N/c1-2-19-9-11-3-5-12(16)8-13(11)10-4-6-14(17)15(18)7-10/h3-8,19H,2,9H2,1H3. The van der Waals surface area contributed by atoms with Gasteiger partial charge in [0.25, 0.3) is 0 Å². The van der Waals surface area contributed by atoms with Crippen LogP contribution >= 0.6 is 0 Å². The lowest BCUT2D eigenvalue weighted by Crippen LogP contribution is -2.12. The summed E-state index contributed by atoms with van der Waals surface area (Å²) < 4.78 is 39.5. The fraction of sp³-hybridized carbons (Fsp3) is 0.200. The highest BCUT2D eigenvalue weighted by molar-refractivity contribution is 5.67. The SMILES string of the molecule is CCNCc1ccc(F)cc1-c1ccc(F)c(F)c1. The van der Waals surface area contributed by atoms with Crippen molar-refractivity contribution in [3.63, 3.8) is 0 Å². The van der Waals surface area contributed by atoms with Gasteiger partial charge in [0.1, 0.15) is 5.82 Å². The van der Waals surface area contributed by atoms with Gasteiger partial charge < -0.3 is 5.32 Å². The van der Waals surface area contributed by atoms with Crippen LogP contribution in [0.4, 0.5) is 13.2 Å². The number of hydrogen-bond acceptors (Lipinski definition) is 1. The second kappa shape index (κ2) is 5.89. The fourth-order valence-electron chi connectivity index (χ4n) is 1.89. The van der Waals surface area contributed by atoms with Crippen LogP contribution < -0.4 is 5.32 Å². The zero-order chi connectivity index (χ0) is 13.8. The molecule has 0 aliphatic carbocycles. The van der Waals surface area contributed by atoms with Crippen LogP contribution in [0.3, 0.4) is 0 Å². The molecular formula is C15H14F3N. The highest BCUT2D eigenvalue weighted by atomic mass is 19.2. The first-order valence-corrected chi connectivity index (χ1v) is 6.06. The molecular weight excluding hydrogens is 251 g/mol. The van der Waals surface area contributed by atoms with Crippen LogP contribution in [0.2, 0.25) is 0 Å². The zero-order valence-electron chi connectivity index (χ0n) is 10.5. The Hall–Kier alpha value is -1.81. The van der Waals surface area contributed by atoms with Gasteiger partial charge >= 0.3 is 0 Å². The first-order chi connectivity index (χ1) is 9.11. The van der Waals surface area contributed by atoms with Gasteiger partial charge in [-0.2, -0.15) is 0 Å². The molecule has 0 heterocycles. The van der Waals surface area contributed by atoms with Crippen LogP contribution in [0.15, 0.2) is 36.4 Å². The maximum absolute atomic E-state index is 13.3. The number of halogens is 3. The molecule has 0 radical (unpaired) electrons. The van der Waals surface area contributed by atoms with Gasteiger partial charge in [0.05, 0.1) is 0 Å². The lowest BCUT2D eigenvalue weighted by molar-refractivity contribution is 0.509. The van der Waals surface area contributed by atoms with Crippen LogP contribution in [-0.4, -0.2) is 6.54 Å². The number of benzene rings is 2. The minimum Gasteiger partial charge on any atom is -0.313 e. The predicted octanol–water partition coefficient (Wildman–Crippen LogP) is 3.88. The predicted molar refractivity (Wildman–Crippen MR) is 69.1 cm³/mol. The van der Waals surface area contributed by atoms with Gasteiger partial charge in [0.15, 0.2) is 11.6 Å². The summed E-state index contributed by atoms with van der Waals surface area (Å²) >= 11 is 0. The van der Waals surface area contributed by atoms with E-state index in [4.69, 9.17) is 0 Å². The molecule has 19 heavy (non-hydrogen) atoms. The van der Waals surface area contributed by atoms with Crippen molar-refractivity contribution in [3.05, 3.63) is 59.4 Å². The molecule has 0 aromatic heterocycles. The minimum atomic E-state index is -0.934. The fourth-order valence-corrected chi connectivity index (χ4v) is 1.89. The van der Waals surface area contributed by atoms with Crippen molar-refractivity contribution in [1.82, 2.24) is 5.32 Å². The van der Waals surface area contributed by atoms with Crippen molar-refractivity contribution >= 4 is 0 Å². The molecule has 0 unspecified atom stereocenters. The maximum atomic E-state index is 13.3. The maximum Gasteiger partial charge on any atom is 0.159 e. The van der Waals surface area contributed by atoms with Crippen LogP contribution in [0, 0.1) is 17.5 Å². The molecule has 0 amide bonds. The highest BCUT2D eigenvalue weighted by Gasteiger charge is 2.09. The lowest BCUT2D eigenvalue weighted by atomic mass is 9.99. The summed E-state index contributed by atoms with van der Waals surface area (Å²) in [5, 5.41) is 3.13. The van der Waals surface area contributed by atoms with E-state index in [9.17, 15) is 13.2 Å². The quantitative estimate of drug-likeness (QED) is 0.884. The molecule has 2 aromatic rings. The van der Waals surface area contributed by atoms with Crippen molar-refractivity contribution < 1.29 is 13.2 Å². The Morgan fingerprint density at radius 2 is 1.74 bits per heavy atom. The normalized spacial score (nSPS) is 10.7. The summed E-state index contributed by atoms with van der Waals surface area (Å²) in [4.78, 5) is 0. The first kappa shape index (κ1) is 13.6. The van der Waals surface area contributed by atoms with Gasteiger partial charge in [0.2, 0.25) is 0 Å². The molecule has 100 valence electrons. The van der Waals surface area contributed by atoms with Crippen molar-refractivity contribution in [2.75, 3.05) is 6.54 Å². The van der Waals surface area contributed by atoms with Crippen LogP contribution in [0.5, 0.6) is 0 Å². The van der Waals surface area contributed by atoms with Gasteiger partial charge in [0, 0.05) is 6.54 Å². The Morgan fingerprint density at radius 3 is 2.42 bits per heavy atom. The summed E-state index contributed by atoms with van der Waals surface area (Å²) in [6.07, 6.45) is 0. The Morgan fingerprint density at radius 1 is 0.947 bits per heavy atom. The third-order valence-corrected chi connectivity index (χ3v) is 2.87. The summed E-state index contributed by atoms with van der Waals surface area (Å²) in [6, 6.07) is 7.92. The molecule has 0 aliphatic heterocycles. The molecule has 0 atom stereocenters. The van der Waals surface area contributed by atoms with Gasteiger partial charge in [-0.05, 0) is 47.5 Å². The molecule has 0 spiro atoms. The Balaban J connectivity index is 2.46. The smallest absolute Gasteiger partial charge is 0.159 e. The topological polar surface area (TPSA) is 12.0 Å². The number of hydrogen-bond donors (Lipinski definition) is 1. The van der Waals surface area contributed by atoms with Crippen LogP contribution in [0.1, 0.15) is 12.5 Å². The third-order valence-electron chi connectivity index (χ3n) is 2.87. The van der Waals surface area contributed by atoms with Crippen molar-refractivity contribution in [1.29, 1.82) is 0 Å². The molecule has 0 fully saturated rings. The van der Waals surface area contributed by atoms with E-state index in [1.165, 1.54) is 18.2 Å². The Kier molecular flexibility index (Phi) is 4.22. The average molecular weight is 265 g/mol. The molecule has 1 N–H and O–H groups in total. The first-order valence-electron chi connectivity index (χ1n) is 6.06. The molecule has 0 saturated heterocycles. The molecule has 0 saturated carbocycles. The second-order valence-electron chi connectivity index (χ2n) is 4.21. The van der Waals surface area contributed by atoms with Gasteiger partial charge in [-0.15, -0.1) is 0 Å². The zero-order valence-corrected chi connectivity index (χ0v) is 10.5. The van der Waals surface area contributed by atoms with Gasteiger partial charge in [-0.1, -0.05) is 19.1 Å². The molecule has 2 aromatic carbocycles. The summed E-state index contributed by atoms with van der Waals surface area (Å²) in [5.74, 6) is -2.25. The Labute approximate surface area is 110 Å². The van der Waals surface area contributed by atoms with Crippen molar-refractivity contribution in [2.45, 2.75) is 13.5 Å². The van der Waals surface area contributed by atoms with Crippen molar-refractivity contribution in [2.24, 2.45) is 0 Å². The van der Waals surface area contributed by atoms with E-state index in [0.717, 1.165) is 24.2 Å². The molecule has 0 bridgehead atoms. The van der Waals surface area contributed by atoms with Gasteiger partial charge in [-0.25, -0.2) is 13.2 Å². The van der Waals surface area contributed by atoms with E-state index in [2.05, 4.69) is 5.32 Å². The van der Waals surface area contributed by atoms with E-state index in [0.29, 0.717) is 17.7 Å². The van der Waals surface area contributed by atoms with E-state index < -0.39 is 17.5 Å². The second-order valence-corrected chi connectivity index (χ2v) is 4.21. The summed E-state index contributed by atoms with van der Waals surface area (Å²) in [6.45, 7) is 3.28. The van der Waals surface area contributed by atoms with E-state index in [1.54, 1.807) is 6.07 Å². The molecule has 2 rings (SSSR count). The monoisotopic (exact) mass is 265 g/mol. The van der Waals surface area contributed by atoms with E-state index in [1.807, 2.05) is 6.92 Å².